The summed E-state index contributed by atoms with van der Waals surface area (Å²) in [6, 6.07) is 0. The van der Waals surface area contributed by atoms with Crippen molar-refractivity contribution in [2.24, 2.45) is 7.05 Å². The average molecular weight is 331 g/mol. The Morgan fingerprint density at radius 3 is 2.84 bits per heavy atom. The minimum atomic E-state index is -0.666. The number of hydrogen-bond donors (Lipinski definition) is 1. The number of ether oxygens (including phenoxy) is 1. The standard InChI is InChI=1S/C14H23BrN2O2/c1-4-10-8-14(18,6-7-19-10)9-12-13(15)11(5-2)16-17(12)3/h10,18H,4-9H2,1-3H3. The zero-order valence-corrected chi connectivity index (χ0v) is 13.5. The first-order valence-electron chi connectivity index (χ1n) is 7.03. The van der Waals surface area contributed by atoms with E-state index >= 15 is 0 Å². The third-order valence-electron chi connectivity index (χ3n) is 3.98. The summed E-state index contributed by atoms with van der Waals surface area (Å²) in [7, 11) is 1.94. The van der Waals surface area contributed by atoms with E-state index in [2.05, 4.69) is 34.9 Å². The van der Waals surface area contributed by atoms with Crippen LogP contribution in [0.2, 0.25) is 0 Å². The second-order valence-electron chi connectivity index (χ2n) is 5.44. The molecular weight excluding hydrogens is 308 g/mol. The van der Waals surface area contributed by atoms with Crippen LogP contribution in [0, 0.1) is 0 Å². The van der Waals surface area contributed by atoms with Gasteiger partial charge in [-0.05, 0) is 35.2 Å². The average Bonchev–Trinajstić information content (AvgIpc) is 2.66. The molecule has 2 heterocycles. The van der Waals surface area contributed by atoms with E-state index in [1.54, 1.807) is 0 Å². The van der Waals surface area contributed by atoms with Gasteiger partial charge < -0.3 is 9.84 Å². The molecule has 1 aliphatic rings. The van der Waals surface area contributed by atoms with Gasteiger partial charge in [0.2, 0.25) is 0 Å². The van der Waals surface area contributed by atoms with Crippen LogP contribution in [-0.2, 0) is 24.6 Å². The molecule has 0 bridgehead atoms. The predicted octanol–water partition coefficient (Wildman–Crippen LogP) is 2.61. The lowest BCUT2D eigenvalue weighted by atomic mass is 9.85. The number of halogens is 1. The number of rotatable bonds is 4. The highest BCUT2D eigenvalue weighted by Crippen LogP contribution is 2.32. The summed E-state index contributed by atoms with van der Waals surface area (Å²) in [4.78, 5) is 0. The van der Waals surface area contributed by atoms with Crippen LogP contribution in [0.4, 0.5) is 0 Å². The molecule has 5 heteroatoms. The van der Waals surface area contributed by atoms with E-state index in [4.69, 9.17) is 4.74 Å². The van der Waals surface area contributed by atoms with E-state index in [-0.39, 0.29) is 6.10 Å². The molecule has 0 amide bonds. The molecule has 19 heavy (non-hydrogen) atoms. The minimum absolute atomic E-state index is 0.177. The second kappa shape index (κ2) is 5.94. The summed E-state index contributed by atoms with van der Waals surface area (Å²) >= 11 is 3.62. The van der Waals surface area contributed by atoms with Gasteiger partial charge in [0.25, 0.3) is 0 Å². The molecule has 2 unspecified atom stereocenters. The maximum Gasteiger partial charge on any atom is 0.0766 e. The van der Waals surface area contributed by atoms with Crippen molar-refractivity contribution >= 4 is 15.9 Å². The van der Waals surface area contributed by atoms with E-state index in [9.17, 15) is 5.11 Å². The first-order valence-corrected chi connectivity index (χ1v) is 7.82. The highest BCUT2D eigenvalue weighted by molar-refractivity contribution is 9.10. The molecule has 1 fully saturated rings. The van der Waals surface area contributed by atoms with Crippen molar-refractivity contribution in [3.8, 4) is 0 Å². The summed E-state index contributed by atoms with van der Waals surface area (Å²) in [6.45, 7) is 4.84. The highest BCUT2D eigenvalue weighted by atomic mass is 79.9. The van der Waals surface area contributed by atoms with Gasteiger partial charge in [0, 0.05) is 26.5 Å². The van der Waals surface area contributed by atoms with Crippen LogP contribution >= 0.6 is 15.9 Å². The van der Waals surface area contributed by atoms with Crippen LogP contribution in [0.15, 0.2) is 4.47 Å². The van der Waals surface area contributed by atoms with Crippen LogP contribution in [-0.4, -0.2) is 33.2 Å². The first kappa shape index (κ1) is 15.0. The van der Waals surface area contributed by atoms with Crippen LogP contribution in [0.3, 0.4) is 0 Å². The number of aromatic nitrogens is 2. The van der Waals surface area contributed by atoms with Gasteiger partial charge in [-0.3, -0.25) is 4.68 Å². The van der Waals surface area contributed by atoms with Crippen molar-refractivity contribution < 1.29 is 9.84 Å². The molecule has 4 nitrogen and oxygen atoms in total. The fourth-order valence-electron chi connectivity index (χ4n) is 2.75. The quantitative estimate of drug-likeness (QED) is 0.923. The predicted molar refractivity (Wildman–Crippen MR) is 78.2 cm³/mol. The molecule has 1 saturated heterocycles. The molecule has 108 valence electrons. The monoisotopic (exact) mass is 330 g/mol. The number of aryl methyl sites for hydroxylation is 2. The van der Waals surface area contributed by atoms with Crippen LogP contribution in [0.25, 0.3) is 0 Å². The normalized spacial score (nSPS) is 27.7. The van der Waals surface area contributed by atoms with E-state index in [0.29, 0.717) is 25.9 Å². The Hall–Kier alpha value is -0.390. The number of aliphatic hydroxyl groups is 1. The SMILES string of the molecule is CCc1nn(C)c(CC2(O)CCOC(CC)C2)c1Br. The van der Waals surface area contributed by atoms with E-state index in [1.165, 1.54) is 0 Å². The molecule has 1 N–H and O–H groups in total. The van der Waals surface area contributed by atoms with Crippen molar-refractivity contribution in [1.82, 2.24) is 9.78 Å². The Kier molecular flexibility index (Phi) is 4.69. The van der Waals surface area contributed by atoms with Crippen molar-refractivity contribution in [1.29, 1.82) is 0 Å². The third kappa shape index (κ3) is 3.20. The summed E-state index contributed by atoms with van der Waals surface area (Å²) in [5.74, 6) is 0. The molecule has 1 aromatic heterocycles. The Bertz CT molecular complexity index is 447. The minimum Gasteiger partial charge on any atom is -0.389 e. The van der Waals surface area contributed by atoms with Gasteiger partial charge in [-0.25, -0.2) is 0 Å². The summed E-state index contributed by atoms with van der Waals surface area (Å²) < 4.78 is 8.59. The van der Waals surface area contributed by atoms with E-state index < -0.39 is 5.60 Å². The molecule has 0 aliphatic carbocycles. The fourth-order valence-corrected chi connectivity index (χ4v) is 3.50. The first-order chi connectivity index (χ1) is 8.99. The molecule has 1 aliphatic heterocycles. The van der Waals surface area contributed by atoms with E-state index in [1.807, 2.05) is 11.7 Å². The van der Waals surface area contributed by atoms with Crippen molar-refractivity contribution in [2.75, 3.05) is 6.61 Å². The van der Waals surface area contributed by atoms with Crippen LogP contribution in [0.5, 0.6) is 0 Å². The Morgan fingerprint density at radius 2 is 2.26 bits per heavy atom. The van der Waals surface area contributed by atoms with Gasteiger partial charge >= 0.3 is 0 Å². The number of hydrogen-bond acceptors (Lipinski definition) is 3. The summed E-state index contributed by atoms with van der Waals surface area (Å²) in [5, 5.41) is 15.3. The van der Waals surface area contributed by atoms with Gasteiger partial charge in [0.1, 0.15) is 0 Å². The lowest BCUT2D eigenvalue weighted by Gasteiger charge is -2.36. The summed E-state index contributed by atoms with van der Waals surface area (Å²) in [5.41, 5.74) is 1.47. The lowest BCUT2D eigenvalue weighted by molar-refractivity contribution is -0.104. The molecule has 0 aromatic carbocycles. The smallest absolute Gasteiger partial charge is 0.0766 e. The second-order valence-corrected chi connectivity index (χ2v) is 6.23. The zero-order chi connectivity index (χ0) is 14.0. The Balaban J connectivity index is 2.18. The third-order valence-corrected chi connectivity index (χ3v) is 4.90. The van der Waals surface area contributed by atoms with Crippen molar-refractivity contribution in [3.05, 3.63) is 15.9 Å². The highest BCUT2D eigenvalue weighted by Gasteiger charge is 2.36. The van der Waals surface area contributed by atoms with Gasteiger partial charge in [0.05, 0.1) is 27.6 Å². The van der Waals surface area contributed by atoms with E-state index in [0.717, 1.165) is 28.7 Å². The Morgan fingerprint density at radius 1 is 1.53 bits per heavy atom. The molecule has 0 saturated carbocycles. The molecule has 0 spiro atoms. The molecule has 0 radical (unpaired) electrons. The lowest BCUT2D eigenvalue weighted by Crippen LogP contribution is -2.42. The summed E-state index contributed by atoms with van der Waals surface area (Å²) in [6.07, 6.45) is 4.07. The van der Waals surface area contributed by atoms with Crippen LogP contribution in [0.1, 0.15) is 44.5 Å². The van der Waals surface area contributed by atoms with Crippen molar-refractivity contribution in [3.63, 3.8) is 0 Å². The largest absolute Gasteiger partial charge is 0.389 e. The fraction of sp³-hybridized carbons (Fsp3) is 0.786. The maximum absolute atomic E-state index is 10.8. The molecule has 1 aromatic rings. The molecular formula is C14H23BrN2O2. The van der Waals surface area contributed by atoms with Gasteiger partial charge in [0.15, 0.2) is 0 Å². The molecule has 2 atom stereocenters. The molecule has 2 rings (SSSR count). The van der Waals surface area contributed by atoms with Gasteiger partial charge in [-0.2, -0.15) is 5.10 Å². The topological polar surface area (TPSA) is 47.3 Å². The number of nitrogens with zero attached hydrogens (tertiary/aromatic N) is 2. The maximum atomic E-state index is 10.8. The van der Waals surface area contributed by atoms with Gasteiger partial charge in [-0.15, -0.1) is 0 Å². The zero-order valence-electron chi connectivity index (χ0n) is 11.9. The van der Waals surface area contributed by atoms with Crippen LogP contribution < -0.4 is 0 Å². The Labute approximate surface area is 123 Å². The van der Waals surface area contributed by atoms with Crippen molar-refractivity contribution in [2.45, 2.75) is 57.7 Å². The van der Waals surface area contributed by atoms with Gasteiger partial charge in [-0.1, -0.05) is 13.8 Å².